The highest BCUT2D eigenvalue weighted by Crippen LogP contribution is 2.40. The molecule has 2 heterocycles. The van der Waals surface area contributed by atoms with Crippen molar-refractivity contribution < 1.29 is 23.1 Å². The molecule has 1 fully saturated rings. The van der Waals surface area contributed by atoms with E-state index in [0.717, 1.165) is 11.3 Å². The number of hydrogen-bond donors (Lipinski definition) is 0. The first-order valence-corrected chi connectivity index (χ1v) is 13.2. The number of benzene rings is 3. The molecule has 4 aromatic rings. The van der Waals surface area contributed by atoms with Gasteiger partial charge in [0.2, 0.25) is 0 Å². The Labute approximate surface area is 231 Å². The molecule has 38 heavy (non-hydrogen) atoms. The number of aliphatic imine (C=N–C) groups is 1. The van der Waals surface area contributed by atoms with Crippen LogP contribution in [0.4, 0.5) is 10.1 Å². The SMILES string of the molecule is COc1cc(/C=C2\SC(=Nc3ccccc3)N(Cc3ccco3)C2=O)cc(Br)c1OCc1cccc(F)c1. The van der Waals surface area contributed by atoms with Crippen LogP contribution in [0.15, 0.2) is 104 Å². The Balaban J connectivity index is 1.43. The summed E-state index contributed by atoms with van der Waals surface area (Å²) >= 11 is 4.85. The van der Waals surface area contributed by atoms with E-state index in [1.807, 2.05) is 42.5 Å². The third-order valence-electron chi connectivity index (χ3n) is 5.58. The highest BCUT2D eigenvalue weighted by molar-refractivity contribution is 9.10. The lowest BCUT2D eigenvalue weighted by Crippen LogP contribution is -2.28. The first kappa shape index (κ1) is 25.8. The van der Waals surface area contributed by atoms with Crippen molar-refractivity contribution in [1.82, 2.24) is 4.90 Å². The van der Waals surface area contributed by atoms with E-state index >= 15 is 0 Å². The van der Waals surface area contributed by atoms with Crippen molar-refractivity contribution in [1.29, 1.82) is 0 Å². The maximum Gasteiger partial charge on any atom is 0.267 e. The van der Waals surface area contributed by atoms with Gasteiger partial charge in [-0.2, -0.15) is 0 Å². The van der Waals surface area contributed by atoms with Gasteiger partial charge in [-0.15, -0.1) is 0 Å². The van der Waals surface area contributed by atoms with E-state index in [4.69, 9.17) is 18.9 Å². The molecule has 0 spiro atoms. The second-order valence-corrected chi connectivity index (χ2v) is 10.1. The standard InChI is InChI=1S/C29H22BrFN2O4S/c1-35-25-15-20(14-24(30)27(25)37-18-19-7-5-8-21(31)13-19)16-26-28(34)33(17-23-11-6-12-36-23)29(38-26)32-22-9-3-2-4-10-22/h2-16H,17-18H2,1H3/b26-16-,32-29?. The van der Waals surface area contributed by atoms with Crippen molar-refractivity contribution in [3.63, 3.8) is 0 Å². The number of nitrogens with zero attached hydrogens (tertiary/aromatic N) is 2. The highest BCUT2D eigenvalue weighted by Gasteiger charge is 2.34. The average Bonchev–Trinajstić information content (AvgIpc) is 3.53. The zero-order chi connectivity index (χ0) is 26.5. The van der Waals surface area contributed by atoms with Crippen molar-refractivity contribution in [3.8, 4) is 11.5 Å². The topological polar surface area (TPSA) is 64.3 Å². The van der Waals surface area contributed by atoms with Crippen molar-refractivity contribution in [3.05, 3.63) is 117 Å². The molecule has 0 bridgehead atoms. The molecular weight excluding hydrogens is 571 g/mol. The van der Waals surface area contributed by atoms with Crippen LogP contribution in [-0.4, -0.2) is 23.1 Å². The number of halogens is 2. The van der Waals surface area contributed by atoms with E-state index in [2.05, 4.69) is 15.9 Å². The van der Waals surface area contributed by atoms with E-state index in [-0.39, 0.29) is 24.9 Å². The van der Waals surface area contributed by atoms with Crippen LogP contribution in [0.5, 0.6) is 11.5 Å². The molecule has 1 aliphatic rings. The predicted octanol–water partition coefficient (Wildman–Crippen LogP) is 7.57. The van der Waals surface area contributed by atoms with Crippen molar-refractivity contribution in [2.24, 2.45) is 4.99 Å². The predicted molar refractivity (Wildman–Crippen MR) is 150 cm³/mol. The first-order chi connectivity index (χ1) is 18.5. The molecule has 1 saturated heterocycles. The number of methoxy groups -OCH3 is 1. The Kier molecular flexibility index (Phi) is 7.95. The average molecular weight is 593 g/mol. The van der Waals surface area contributed by atoms with Crippen molar-refractivity contribution in [2.75, 3.05) is 7.11 Å². The number of carbonyl (C=O) groups excluding carboxylic acids is 1. The number of furan rings is 1. The molecule has 192 valence electrons. The molecule has 0 N–H and O–H groups in total. The minimum atomic E-state index is -0.325. The Morgan fingerprint density at radius 3 is 2.66 bits per heavy atom. The maximum atomic E-state index is 13.5. The number of thioether (sulfide) groups is 1. The molecule has 0 atom stereocenters. The molecule has 0 saturated carbocycles. The number of rotatable bonds is 8. The lowest BCUT2D eigenvalue weighted by atomic mass is 10.1. The molecule has 0 unspecified atom stereocenters. The third-order valence-corrected chi connectivity index (χ3v) is 7.18. The molecule has 1 aliphatic heterocycles. The molecule has 1 amide bonds. The normalized spacial score (nSPS) is 15.4. The quantitative estimate of drug-likeness (QED) is 0.197. The van der Waals surface area contributed by atoms with Gasteiger partial charge in [-0.25, -0.2) is 9.38 Å². The van der Waals surface area contributed by atoms with Gasteiger partial charge in [-0.3, -0.25) is 9.69 Å². The van der Waals surface area contributed by atoms with Gasteiger partial charge in [0, 0.05) is 0 Å². The van der Waals surface area contributed by atoms with Crippen molar-refractivity contribution >= 4 is 50.5 Å². The maximum absolute atomic E-state index is 13.5. The Bertz CT molecular complexity index is 1510. The van der Waals surface area contributed by atoms with Gasteiger partial charge in [0.1, 0.15) is 18.2 Å². The zero-order valence-corrected chi connectivity index (χ0v) is 22.7. The molecule has 1 aromatic heterocycles. The summed E-state index contributed by atoms with van der Waals surface area (Å²) in [6, 6.07) is 22.9. The highest BCUT2D eigenvalue weighted by atomic mass is 79.9. The third kappa shape index (κ3) is 6.00. The summed E-state index contributed by atoms with van der Waals surface area (Å²) in [6.07, 6.45) is 3.37. The Morgan fingerprint density at radius 2 is 1.92 bits per heavy atom. The fraction of sp³-hybridized carbons (Fsp3) is 0.103. The van der Waals surface area contributed by atoms with Crippen LogP contribution in [0.1, 0.15) is 16.9 Å². The minimum Gasteiger partial charge on any atom is -0.493 e. The summed E-state index contributed by atoms with van der Waals surface area (Å²) in [4.78, 5) is 20.3. The fourth-order valence-electron chi connectivity index (χ4n) is 3.80. The zero-order valence-electron chi connectivity index (χ0n) is 20.3. The van der Waals surface area contributed by atoms with Crippen LogP contribution < -0.4 is 9.47 Å². The molecule has 0 radical (unpaired) electrons. The van der Waals surface area contributed by atoms with Crippen LogP contribution in [0.25, 0.3) is 6.08 Å². The molecule has 9 heteroatoms. The summed E-state index contributed by atoms with van der Waals surface area (Å²) in [5.74, 6) is 1.11. The molecule has 6 nitrogen and oxygen atoms in total. The lowest BCUT2D eigenvalue weighted by molar-refractivity contribution is -0.122. The van der Waals surface area contributed by atoms with Gasteiger partial charge in [0.05, 0.1) is 35.0 Å². The number of amidine groups is 1. The van der Waals surface area contributed by atoms with Crippen LogP contribution >= 0.6 is 27.7 Å². The van der Waals surface area contributed by atoms with E-state index in [1.54, 1.807) is 48.6 Å². The van der Waals surface area contributed by atoms with Crippen LogP contribution in [0.3, 0.4) is 0 Å². The minimum absolute atomic E-state index is 0.169. The Hall–Kier alpha value is -3.82. The number of para-hydroxylation sites is 1. The van der Waals surface area contributed by atoms with Gasteiger partial charge in [-0.1, -0.05) is 30.3 Å². The number of amides is 1. The van der Waals surface area contributed by atoms with Gasteiger partial charge in [-0.05, 0) is 93.4 Å². The van der Waals surface area contributed by atoms with E-state index in [0.29, 0.717) is 37.4 Å². The monoisotopic (exact) mass is 592 g/mol. The number of ether oxygens (including phenoxy) is 2. The van der Waals surface area contributed by atoms with Gasteiger partial charge in [0.25, 0.3) is 5.91 Å². The second kappa shape index (κ2) is 11.7. The number of hydrogen-bond acceptors (Lipinski definition) is 6. The van der Waals surface area contributed by atoms with Crippen LogP contribution in [0.2, 0.25) is 0 Å². The van der Waals surface area contributed by atoms with Gasteiger partial charge in [0.15, 0.2) is 16.7 Å². The number of carbonyl (C=O) groups is 1. The smallest absolute Gasteiger partial charge is 0.267 e. The molecular formula is C29H22BrFN2O4S. The molecule has 0 aliphatic carbocycles. The van der Waals surface area contributed by atoms with Crippen LogP contribution in [-0.2, 0) is 17.9 Å². The summed E-state index contributed by atoms with van der Waals surface area (Å²) in [7, 11) is 1.54. The molecule has 3 aromatic carbocycles. The first-order valence-electron chi connectivity index (χ1n) is 11.6. The lowest BCUT2D eigenvalue weighted by Gasteiger charge is -2.14. The summed E-state index contributed by atoms with van der Waals surface area (Å²) < 4.78 is 31.2. The van der Waals surface area contributed by atoms with Crippen molar-refractivity contribution in [2.45, 2.75) is 13.2 Å². The molecule has 5 rings (SSSR count). The van der Waals surface area contributed by atoms with Gasteiger partial charge < -0.3 is 13.9 Å². The van der Waals surface area contributed by atoms with Crippen LogP contribution in [0, 0.1) is 5.82 Å². The van der Waals surface area contributed by atoms with E-state index in [9.17, 15) is 9.18 Å². The fourth-order valence-corrected chi connectivity index (χ4v) is 5.37. The summed E-state index contributed by atoms with van der Waals surface area (Å²) in [5.41, 5.74) is 2.18. The largest absolute Gasteiger partial charge is 0.493 e. The van der Waals surface area contributed by atoms with Gasteiger partial charge >= 0.3 is 0 Å². The van der Waals surface area contributed by atoms with E-state index in [1.165, 1.54) is 23.9 Å². The summed E-state index contributed by atoms with van der Waals surface area (Å²) in [6.45, 7) is 0.435. The second-order valence-electron chi connectivity index (χ2n) is 8.26. The summed E-state index contributed by atoms with van der Waals surface area (Å²) in [5, 5.41) is 0.560. The van der Waals surface area contributed by atoms with E-state index < -0.39 is 0 Å². The Morgan fingerprint density at radius 1 is 1.08 bits per heavy atom.